The Bertz CT molecular complexity index is 588. The van der Waals surface area contributed by atoms with Crippen LogP contribution in [0.1, 0.15) is 107 Å². The van der Waals surface area contributed by atoms with E-state index in [2.05, 4.69) is 0 Å². The van der Waals surface area contributed by atoms with Gasteiger partial charge in [0.2, 0.25) is 17.7 Å². The van der Waals surface area contributed by atoms with Crippen LogP contribution in [0.5, 0.6) is 0 Å². The third kappa shape index (κ3) is 3.27. The van der Waals surface area contributed by atoms with Crippen LogP contribution in [0.15, 0.2) is 0 Å². The Morgan fingerprint density at radius 2 is 0.708 bits per heavy atom. The molecule has 3 amide bonds. The predicted molar refractivity (Wildman–Crippen MR) is 94.3 cm³/mol. The van der Waals surface area contributed by atoms with Crippen molar-refractivity contribution in [3.8, 4) is 0 Å². The molecule has 0 bridgehead atoms. The molecule has 1 aromatic carbocycles. The van der Waals surface area contributed by atoms with Gasteiger partial charge in [-0.1, -0.05) is 41.5 Å². The molecule has 0 fully saturated rings. The van der Waals surface area contributed by atoms with Crippen LogP contribution in [0.4, 0.5) is 0 Å². The van der Waals surface area contributed by atoms with Crippen molar-refractivity contribution in [1.82, 2.24) is 0 Å². The van der Waals surface area contributed by atoms with Crippen LogP contribution in [0, 0.1) is 0 Å². The maximum absolute atomic E-state index is 12.2. The van der Waals surface area contributed by atoms with E-state index in [1.54, 1.807) is 0 Å². The van der Waals surface area contributed by atoms with E-state index in [9.17, 15) is 14.4 Å². The van der Waals surface area contributed by atoms with Gasteiger partial charge < -0.3 is 17.2 Å². The monoisotopic (exact) mass is 333 g/mol. The fraction of sp³-hybridized carbons (Fsp3) is 0.500. The van der Waals surface area contributed by atoms with Crippen LogP contribution in [0.3, 0.4) is 0 Å². The van der Waals surface area contributed by atoms with E-state index < -0.39 is 17.7 Å². The first-order valence-electron chi connectivity index (χ1n) is 8.06. The third-order valence-corrected chi connectivity index (χ3v) is 4.09. The topological polar surface area (TPSA) is 129 Å². The SMILES string of the molecule is CC(C)c1c(C(N)=O)c(C(C)C)c(C(N)=O)c(C(C)C)c1C(N)=O. The van der Waals surface area contributed by atoms with Crippen LogP contribution >= 0.6 is 0 Å². The number of amides is 3. The molecule has 0 aliphatic heterocycles. The van der Waals surface area contributed by atoms with Gasteiger partial charge in [-0.05, 0) is 34.4 Å². The summed E-state index contributed by atoms with van der Waals surface area (Å²) < 4.78 is 0. The Morgan fingerprint density at radius 1 is 0.542 bits per heavy atom. The molecule has 0 aliphatic rings. The molecule has 0 unspecified atom stereocenters. The summed E-state index contributed by atoms with van der Waals surface area (Å²) in [4.78, 5) is 36.6. The first kappa shape index (κ1) is 19.7. The summed E-state index contributed by atoms with van der Waals surface area (Å²) >= 11 is 0. The van der Waals surface area contributed by atoms with Crippen LogP contribution < -0.4 is 17.2 Å². The van der Waals surface area contributed by atoms with Gasteiger partial charge in [0.05, 0.1) is 0 Å². The van der Waals surface area contributed by atoms with Crippen LogP contribution in [-0.2, 0) is 0 Å². The highest BCUT2D eigenvalue weighted by Crippen LogP contribution is 2.39. The second kappa shape index (κ2) is 7.03. The van der Waals surface area contributed by atoms with Crippen molar-refractivity contribution in [2.24, 2.45) is 17.2 Å². The van der Waals surface area contributed by atoms with Gasteiger partial charge in [-0.15, -0.1) is 0 Å². The average molecular weight is 333 g/mol. The van der Waals surface area contributed by atoms with Crippen LogP contribution in [0.25, 0.3) is 0 Å². The molecule has 24 heavy (non-hydrogen) atoms. The van der Waals surface area contributed by atoms with E-state index in [4.69, 9.17) is 17.2 Å². The van der Waals surface area contributed by atoms with Gasteiger partial charge in [-0.2, -0.15) is 0 Å². The average Bonchev–Trinajstić information content (AvgIpc) is 2.42. The standard InChI is InChI=1S/C18H27N3O3/c1-7(2)10-13(16(19)22)11(8(3)4)15(18(21)24)12(9(5)6)14(10)17(20)23/h7-9H,1-6H3,(H2,19,22)(H2,20,23)(H2,21,24). The molecule has 0 saturated heterocycles. The summed E-state index contributed by atoms with van der Waals surface area (Å²) in [5.41, 5.74) is 18.9. The molecule has 0 aromatic heterocycles. The van der Waals surface area contributed by atoms with Crippen LogP contribution in [0.2, 0.25) is 0 Å². The zero-order chi connectivity index (χ0) is 18.9. The molecule has 0 aliphatic carbocycles. The first-order chi connectivity index (χ1) is 10.9. The molecule has 6 nitrogen and oxygen atoms in total. The lowest BCUT2D eigenvalue weighted by molar-refractivity contribution is 0.0997. The summed E-state index contributed by atoms with van der Waals surface area (Å²) in [6.45, 7) is 11.1. The lowest BCUT2D eigenvalue weighted by Crippen LogP contribution is -2.30. The van der Waals surface area contributed by atoms with Crippen molar-refractivity contribution >= 4 is 17.7 Å². The van der Waals surface area contributed by atoms with Gasteiger partial charge in [-0.3, -0.25) is 14.4 Å². The number of hydrogen-bond acceptors (Lipinski definition) is 3. The number of rotatable bonds is 6. The Hall–Kier alpha value is -2.37. The third-order valence-electron chi connectivity index (χ3n) is 4.09. The van der Waals surface area contributed by atoms with Crippen molar-refractivity contribution in [3.63, 3.8) is 0 Å². The fourth-order valence-corrected chi connectivity index (χ4v) is 3.34. The lowest BCUT2D eigenvalue weighted by atomic mass is 9.75. The van der Waals surface area contributed by atoms with Gasteiger partial charge in [0.25, 0.3) is 0 Å². The lowest BCUT2D eigenvalue weighted by Gasteiger charge is -2.28. The maximum Gasteiger partial charge on any atom is 0.249 e. The molecule has 0 radical (unpaired) electrons. The van der Waals surface area contributed by atoms with Crippen molar-refractivity contribution in [1.29, 1.82) is 0 Å². The van der Waals surface area contributed by atoms with Gasteiger partial charge in [0, 0.05) is 16.7 Å². The van der Waals surface area contributed by atoms with Gasteiger partial charge in [0.1, 0.15) is 0 Å². The Labute approximate surface area is 142 Å². The summed E-state index contributed by atoms with van der Waals surface area (Å²) in [5, 5.41) is 0. The highest BCUT2D eigenvalue weighted by molar-refractivity contribution is 6.09. The van der Waals surface area contributed by atoms with E-state index in [1.165, 1.54) is 0 Å². The van der Waals surface area contributed by atoms with Gasteiger partial charge >= 0.3 is 0 Å². The minimum absolute atomic E-state index is 0.174. The minimum Gasteiger partial charge on any atom is -0.366 e. The first-order valence-corrected chi connectivity index (χ1v) is 8.06. The summed E-state index contributed by atoms with van der Waals surface area (Å²) in [6.07, 6.45) is 0. The Kier molecular flexibility index (Phi) is 5.76. The highest BCUT2D eigenvalue weighted by atomic mass is 16.2. The zero-order valence-corrected chi connectivity index (χ0v) is 15.2. The second-order valence-corrected chi connectivity index (χ2v) is 6.92. The summed E-state index contributed by atoms with van der Waals surface area (Å²) in [7, 11) is 0. The quantitative estimate of drug-likeness (QED) is 0.738. The molecule has 6 N–H and O–H groups in total. The minimum atomic E-state index is -0.692. The molecule has 6 heteroatoms. The van der Waals surface area contributed by atoms with E-state index in [0.29, 0.717) is 16.7 Å². The smallest absolute Gasteiger partial charge is 0.249 e. The molecule has 0 heterocycles. The zero-order valence-electron chi connectivity index (χ0n) is 15.2. The Morgan fingerprint density at radius 3 is 0.792 bits per heavy atom. The highest BCUT2D eigenvalue weighted by Gasteiger charge is 2.33. The normalized spacial score (nSPS) is 11.4. The van der Waals surface area contributed by atoms with Crippen molar-refractivity contribution in [2.45, 2.75) is 59.3 Å². The van der Waals surface area contributed by atoms with Crippen molar-refractivity contribution < 1.29 is 14.4 Å². The van der Waals surface area contributed by atoms with Crippen LogP contribution in [-0.4, -0.2) is 17.7 Å². The predicted octanol–water partition coefficient (Wildman–Crippen LogP) is 2.35. The molecular formula is C18H27N3O3. The Balaban J connectivity index is 4.37. The molecule has 132 valence electrons. The van der Waals surface area contributed by atoms with Gasteiger partial charge in [-0.25, -0.2) is 0 Å². The molecular weight excluding hydrogens is 306 g/mol. The van der Waals surface area contributed by atoms with Gasteiger partial charge in [0.15, 0.2) is 0 Å². The molecule has 0 spiro atoms. The van der Waals surface area contributed by atoms with E-state index >= 15 is 0 Å². The van der Waals surface area contributed by atoms with Crippen molar-refractivity contribution in [3.05, 3.63) is 33.4 Å². The number of primary amides is 3. The molecule has 1 rings (SSSR count). The summed E-state index contributed by atoms with van der Waals surface area (Å²) in [5.74, 6) is -2.60. The molecule has 0 atom stereocenters. The number of carbonyl (C=O) groups excluding carboxylic acids is 3. The number of hydrogen-bond donors (Lipinski definition) is 3. The molecule has 0 saturated carbocycles. The van der Waals surface area contributed by atoms with E-state index in [1.807, 2.05) is 41.5 Å². The van der Waals surface area contributed by atoms with E-state index in [0.717, 1.165) is 0 Å². The summed E-state index contributed by atoms with van der Waals surface area (Å²) in [6, 6.07) is 0. The number of benzene rings is 1. The second-order valence-electron chi connectivity index (χ2n) is 6.92. The van der Waals surface area contributed by atoms with Crippen molar-refractivity contribution in [2.75, 3.05) is 0 Å². The largest absolute Gasteiger partial charge is 0.366 e. The maximum atomic E-state index is 12.2. The fourth-order valence-electron chi connectivity index (χ4n) is 3.34. The number of carbonyl (C=O) groups is 3. The molecule has 1 aromatic rings. The number of nitrogens with two attached hydrogens (primary N) is 3. The van der Waals surface area contributed by atoms with E-state index in [-0.39, 0.29) is 34.4 Å².